The fourth-order valence-corrected chi connectivity index (χ4v) is 5.28. The van der Waals surface area contributed by atoms with E-state index >= 15 is 0 Å². The van der Waals surface area contributed by atoms with E-state index in [0.29, 0.717) is 12.3 Å². The molecule has 0 spiro atoms. The van der Waals surface area contributed by atoms with Crippen LogP contribution in [-0.2, 0) is 9.53 Å². The Hall–Kier alpha value is -1.57. The van der Waals surface area contributed by atoms with Crippen molar-refractivity contribution in [1.29, 1.82) is 0 Å². The number of benzene rings is 1. The first-order valence-electron chi connectivity index (χ1n) is 8.98. The van der Waals surface area contributed by atoms with Crippen LogP contribution in [0.4, 0.5) is 0 Å². The van der Waals surface area contributed by atoms with E-state index in [1.807, 2.05) is 24.3 Å². The number of morpholine rings is 1. The van der Waals surface area contributed by atoms with Gasteiger partial charge in [-0.05, 0) is 11.6 Å². The number of carbonyl (C=O) groups excluding carboxylic acids is 2. The molecule has 1 aromatic rings. The van der Waals surface area contributed by atoms with E-state index in [1.54, 1.807) is 21.6 Å². The maximum absolute atomic E-state index is 12.6. The zero-order valence-electron chi connectivity index (χ0n) is 14.2. The molecule has 0 aliphatic carbocycles. The van der Waals surface area contributed by atoms with Crippen LogP contribution >= 0.6 is 11.8 Å². The number of nitrogens with zero attached hydrogens (tertiary/aromatic N) is 1. The molecule has 0 saturated carbocycles. The van der Waals surface area contributed by atoms with Gasteiger partial charge in [-0.1, -0.05) is 18.2 Å². The third-order valence-corrected chi connectivity index (χ3v) is 6.51. The number of hydrogen-bond donors (Lipinski definition) is 2. The number of quaternary nitrogens is 1. The summed E-state index contributed by atoms with van der Waals surface area (Å²) in [6.07, 6.45) is 0.957. The smallest absolute Gasteiger partial charge is 0.256 e. The van der Waals surface area contributed by atoms with E-state index in [1.165, 1.54) is 0 Å². The van der Waals surface area contributed by atoms with E-state index in [0.717, 1.165) is 50.4 Å². The molecule has 4 rings (SSSR count). The highest BCUT2D eigenvalue weighted by molar-refractivity contribution is 7.99. The first kappa shape index (κ1) is 16.9. The average molecular weight is 362 g/mol. The molecule has 25 heavy (non-hydrogen) atoms. The van der Waals surface area contributed by atoms with Crippen LogP contribution < -0.4 is 10.2 Å². The molecular formula is C18H24N3O3S+. The second kappa shape index (κ2) is 7.35. The molecule has 0 radical (unpaired) electrons. The van der Waals surface area contributed by atoms with Gasteiger partial charge in [0.25, 0.3) is 5.91 Å². The van der Waals surface area contributed by atoms with Gasteiger partial charge in [0.1, 0.15) is 24.5 Å². The van der Waals surface area contributed by atoms with Gasteiger partial charge in [0.2, 0.25) is 5.91 Å². The maximum atomic E-state index is 12.6. The Bertz CT molecular complexity index is 663. The number of fused-ring (bicyclic) bond motifs is 3. The lowest BCUT2D eigenvalue weighted by atomic mass is 10.1. The fraction of sp³-hybridized carbons (Fsp3) is 0.556. The molecule has 134 valence electrons. The number of amides is 2. The quantitative estimate of drug-likeness (QED) is 0.705. The lowest BCUT2D eigenvalue weighted by Crippen LogP contribution is -3.14. The number of nitrogens with one attached hydrogen (secondary N) is 2. The van der Waals surface area contributed by atoms with Crippen molar-refractivity contribution in [3.05, 3.63) is 35.4 Å². The van der Waals surface area contributed by atoms with Crippen LogP contribution in [0.25, 0.3) is 0 Å². The summed E-state index contributed by atoms with van der Waals surface area (Å²) >= 11 is 1.68. The number of rotatable bonds is 5. The number of thioether (sulfide) groups is 1. The lowest BCUT2D eigenvalue weighted by Gasteiger charge is -2.24. The monoisotopic (exact) mass is 362 g/mol. The predicted octanol–water partition coefficient (Wildman–Crippen LogP) is -0.322. The van der Waals surface area contributed by atoms with E-state index in [9.17, 15) is 9.59 Å². The minimum Gasteiger partial charge on any atom is -0.370 e. The summed E-state index contributed by atoms with van der Waals surface area (Å²) in [4.78, 5) is 28.5. The summed E-state index contributed by atoms with van der Waals surface area (Å²) in [6.45, 7) is 5.49. The van der Waals surface area contributed by atoms with Gasteiger partial charge < -0.3 is 19.9 Å². The second-order valence-corrected chi connectivity index (χ2v) is 7.87. The summed E-state index contributed by atoms with van der Waals surface area (Å²) in [7, 11) is 0. The highest BCUT2D eigenvalue weighted by atomic mass is 32.2. The van der Waals surface area contributed by atoms with Gasteiger partial charge in [0.05, 0.1) is 19.8 Å². The van der Waals surface area contributed by atoms with Gasteiger partial charge in [-0.25, -0.2) is 0 Å². The van der Waals surface area contributed by atoms with Gasteiger partial charge >= 0.3 is 0 Å². The molecule has 0 bridgehead atoms. The van der Waals surface area contributed by atoms with Crippen molar-refractivity contribution < 1.29 is 19.2 Å². The SMILES string of the molecule is O=C(NCCC[NH+]1CCOCC1)[C@@H]1CS[C@@H]2c3ccccc3C(=O)N21. The molecule has 2 fully saturated rings. The van der Waals surface area contributed by atoms with E-state index in [4.69, 9.17) is 4.74 Å². The van der Waals surface area contributed by atoms with Crippen LogP contribution in [0.2, 0.25) is 0 Å². The van der Waals surface area contributed by atoms with E-state index in [2.05, 4.69) is 5.32 Å². The fourth-order valence-electron chi connectivity index (χ4n) is 3.82. The van der Waals surface area contributed by atoms with Crippen molar-refractivity contribution in [1.82, 2.24) is 10.2 Å². The van der Waals surface area contributed by atoms with Crippen molar-refractivity contribution in [3.8, 4) is 0 Å². The summed E-state index contributed by atoms with van der Waals surface area (Å²) in [5.41, 5.74) is 1.79. The van der Waals surface area contributed by atoms with Crippen LogP contribution in [0.1, 0.15) is 27.7 Å². The third-order valence-electron chi connectivity index (χ3n) is 5.20. The van der Waals surface area contributed by atoms with Crippen molar-refractivity contribution in [2.75, 3.05) is 45.1 Å². The van der Waals surface area contributed by atoms with Crippen LogP contribution in [0.15, 0.2) is 24.3 Å². The van der Waals surface area contributed by atoms with Gasteiger partial charge in [0, 0.05) is 24.3 Å². The Morgan fingerprint density at radius 1 is 1.32 bits per heavy atom. The second-order valence-electron chi connectivity index (χ2n) is 6.76. The normalized spacial score (nSPS) is 25.8. The summed E-state index contributed by atoms with van der Waals surface area (Å²) in [6, 6.07) is 7.34. The van der Waals surface area contributed by atoms with Gasteiger partial charge in [-0.2, -0.15) is 0 Å². The first-order chi connectivity index (χ1) is 12.3. The zero-order valence-corrected chi connectivity index (χ0v) is 15.0. The topological polar surface area (TPSA) is 63.1 Å². The standard InChI is InChI=1S/C18H23N3O3S/c22-16(19-6-3-7-20-8-10-24-11-9-20)15-12-25-18-14-5-2-1-4-13(14)17(23)21(15)18/h1-2,4-5,15,18H,3,6-12H2,(H,19,22)/p+1/t15-,18+/m0/s1. The lowest BCUT2D eigenvalue weighted by molar-refractivity contribution is -0.908. The number of hydrogen-bond acceptors (Lipinski definition) is 4. The number of ether oxygens (including phenoxy) is 1. The largest absolute Gasteiger partial charge is 0.370 e. The molecule has 0 unspecified atom stereocenters. The Morgan fingerprint density at radius 2 is 2.12 bits per heavy atom. The van der Waals surface area contributed by atoms with Gasteiger partial charge in [-0.15, -0.1) is 11.8 Å². The third kappa shape index (κ3) is 3.28. The highest BCUT2D eigenvalue weighted by Crippen LogP contribution is 2.47. The van der Waals surface area contributed by atoms with Crippen LogP contribution in [-0.4, -0.2) is 67.9 Å². The van der Waals surface area contributed by atoms with Crippen molar-refractivity contribution in [3.63, 3.8) is 0 Å². The maximum Gasteiger partial charge on any atom is 0.256 e. The van der Waals surface area contributed by atoms with Crippen LogP contribution in [0.5, 0.6) is 0 Å². The van der Waals surface area contributed by atoms with Crippen molar-refractivity contribution in [2.24, 2.45) is 0 Å². The van der Waals surface area contributed by atoms with Crippen LogP contribution in [0, 0.1) is 0 Å². The average Bonchev–Trinajstić information content (AvgIpc) is 3.20. The first-order valence-corrected chi connectivity index (χ1v) is 10.0. The summed E-state index contributed by atoms with van der Waals surface area (Å²) in [5.74, 6) is 0.641. The van der Waals surface area contributed by atoms with Gasteiger partial charge in [-0.3, -0.25) is 9.59 Å². The van der Waals surface area contributed by atoms with E-state index < -0.39 is 0 Å². The molecule has 3 aliphatic heterocycles. The molecular weight excluding hydrogens is 338 g/mol. The molecule has 7 heteroatoms. The van der Waals surface area contributed by atoms with Crippen molar-refractivity contribution in [2.45, 2.75) is 17.8 Å². The van der Waals surface area contributed by atoms with E-state index in [-0.39, 0.29) is 23.2 Å². The van der Waals surface area contributed by atoms with Crippen molar-refractivity contribution >= 4 is 23.6 Å². The minimum atomic E-state index is -0.356. The molecule has 3 aliphatic rings. The highest BCUT2D eigenvalue weighted by Gasteiger charge is 2.48. The molecule has 2 amide bonds. The molecule has 2 atom stereocenters. The summed E-state index contributed by atoms with van der Waals surface area (Å²) in [5, 5.41) is 3.03. The Kier molecular flexibility index (Phi) is 4.96. The van der Waals surface area contributed by atoms with Crippen LogP contribution in [0.3, 0.4) is 0 Å². The molecule has 2 N–H and O–H groups in total. The Morgan fingerprint density at radius 3 is 2.96 bits per heavy atom. The van der Waals surface area contributed by atoms with Gasteiger partial charge in [0.15, 0.2) is 0 Å². The molecule has 6 nitrogen and oxygen atoms in total. The Balaban J connectivity index is 1.29. The molecule has 3 heterocycles. The zero-order chi connectivity index (χ0) is 17.2. The molecule has 2 saturated heterocycles. The molecule has 1 aromatic carbocycles. The minimum absolute atomic E-state index is 0.00255. The summed E-state index contributed by atoms with van der Waals surface area (Å²) < 4.78 is 5.36. The molecule has 0 aromatic heterocycles. The number of carbonyl (C=O) groups is 2. The Labute approximate surface area is 151 Å². The predicted molar refractivity (Wildman–Crippen MR) is 95.6 cm³/mol.